The van der Waals surface area contributed by atoms with Gasteiger partial charge < -0.3 is 9.47 Å². The van der Waals surface area contributed by atoms with Gasteiger partial charge >= 0.3 is 0 Å². The van der Waals surface area contributed by atoms with Crippen molar-refractivity contribution in [2.45, 2.75) is 32.6 Å². The molecule has 8 rings (SSSR count). The molecule has 1 amide bonds. The molecule has 1 aliphatic rings. The number of halogens is 1. The summed E-state index contributed by atoms with van der Waals surface area (Å²) >= 11 is 0. The Morgan fingerprint density at radius 3 is 1.63 bits per heavy atom. The second-order valence-electron chi connectivity index (χ2n) is 13.4. The molecule has 0 unspecified atom stereocenters. The number of hydrogen-bond acceptors (Lipinski definition) is 1. The molecule has 6 aromatic carbocycles. The molecule has 0 saturated carbocycles. The maximum atomic E-state index is 15.3. The van der Waals surface area contributed by atoms with Crippen LogP contribution in [0.4, 0.5) is 10.1 Å². The molecule has 3 nitrogen and oxygen atoms in total. The Labute approximate surface area is 300 Å². The number of anilines is 1. The summed E-state index contributed by atoms with van der Waals surface area (Å²) in [6, 6.07) is 57.7. The molecule has 0 saturated heterocycles. The maximum absolute atomic E-state index is 15.3. The second kappa shape index (κ2) is 13.6. The van der Waals surface area contributed by atoms with Crippen molar-refractivity contribution in [2.24, 2.45) is 0 Å². The van der Waals surface area contributed by atoms with E-state index in [0.717, 1.165) is 39.2 Å². The highest BCUT2D eigenvalue weighted by Crippen LogP contribution is 2.60. The van der Waals surface area contributed by atoms with Crippen molar-refractivity contribution in [3.8, 4) is 22.3 Å². The van der Waals surface area contributed by atoms with E-state index in [9.17, 15) is 4.39 Å². The summed E-state index contributed by atoms with van der Waals surface area (Å²) < 4.78 is 17.0. The lowest BCUT2D eigenvalue weighted by Crippen LogP contribution is -2.34. The van der Waals surface area contributed by atoms with Crippen molar-refractivity contribution in [1.29, 1.82) is 0 Å². The Morgan fingerprint density at radius 2 is 1.10 bits per heavy atom. The van der Waals surface area contributed by atoms with Gasteiger partial charge in [-0.1, -0.05) is 109 Å². The van der Waals surface area contributed by atoms with E-state index in [1.54, 1.807) is 0 Å². The lowest BCUT2D eigenvalue weighted by Gasteiger charge is -2.30. The molecule has 1 aliphatic heterocycles. The normalized spacial score (nSPS) is 12.8. The number of amides is 1. The van der Waals surface area contributed by atoms with E-state index >= 15 is 4.79 Å². The molecule has 0 spiro atoms. The zero-order valence-corrected chi connectivity index (χ0v) is 29.7. The first kappa shape index (κ1) is 32.6. The Balaban J connectivity index is 1.52. The van der Waals surface area contributed by atoms with Gasteiger partial charge in [0.25, 0.3) is 5.91 Å². The van der Waals surface area contributed by atoms with Gasteiger partial charge in [0.05, 0.1) is 12.2 Å². The monoisotopic (exact) mass is 685 g/mol. The largest absolute Gasteiger partial charge is 0.334 e. The highest BCUT2D eigenvalue weighted by atomic mass is 31.2. The zero-order valence-electron chi connectivity index (χ0n) is 28.8. The topological polar surface area (TPSA) is 25.2 Å². The number of fused-ring (bicyclic) bond motifs is 3. The van der Waals surface area contributed by atoms with Crippen LogP contribution in [0, 0.1) is 5.82 Å². The molecule has 2 heterocycles. The summed E-state index contributed by atoms with van der Waals surface area (Å²) in [5.41, 5.74) is 7.49. The smallest absolute Gasteiger partial charge is 0.275 e. The number of carbonyl (C=O) groups excluding carboxylic acids is 1. The molecule has 0 N–H and O–H groups in total. The van der Waals surface area contributed by atoms with Crippen LogP contribution in [0.25, 0.3) is 22.3 Å². The van der Waals surface area contributed by atoms with Crippen LogP contribution in [-0.2, 0) is 12.7 Å². The number of para-hydroxylation sites is 1. The summed E-state index contributed by atoms with van der Waals surface area (Å²) in [6.07, 6.45) is 0.656. The number of carbonyl (C=O) groups is 1. The fourth-order valence-electron chi connectivity index (χ4n) is 7.85. The van der Waals surface area contributed by atoms with Crippen LogP contribution < -0.4 is 20.8 Å². The summed E-state index contributed by atoms with van der Waals surface area (Å²) in [5, 5.41) is 3.78. The molecule has 5 heteroatoms. The molecule has 0 atom stereocenters. The van der Waals surface area contributed by atoms with Gasteiger partial charge in [0.2, 0.25) is 0 Å². The Kier molecular flexibility index (Phi) is 8.71. The SMILES string of the molecule is CC(C)n1c(C[P+](c2ccccc2)(c2ccccc2)c2ccccc2)c(-c2ccc(F)cc2)c2c1C(=O)N(c1ccccc1)Cc1ccccc1-2. The average Bonchev–Trinajstić information content (AvgIpc) is 3.46. The minimum Gasteiger partial charge on any atom is -0.334 e. The van der Waals surface area contributed by atoms with E-state index in [4.69, 9.17) is 0 Å². The molecule has 0 aliphatic carbocycles. The molecular formula is C46H39FN2OP+. The number of aromatic nitrogens is 1. The number of nitrogens with zero attached hydrogens (tertiary/aromatic N) is 2. The number of benzene rings is 6. The van der Waals surface area contributed by atoms with Gasteiger partial charge in [0.1, 0.15) is 40.8 Å². The molecule has 51 heavy (non-hydrogen) atoms. The predicted molar refractivity (Wildman–Crippen MR) is 211 cm³/mol. The van der Waals surface area contributed by atoms with Crippen molar-refractivity contribution < 1.29 is 9.18 Å². The molecule has 0 radical (unpaired) electrons. The van der Waals surface area contributed by atoms with Crippen LogP contribution in [0.15, 0.2) is 170 Å². The quantitative estimate of drug-likeness (QED) is 0.146. The van der Waals surface area contributed by atoms with Gasteiger partial charge in [-0.05, 0) is 91.2 Å². The van der Waals surface area contributed by atoms with Crippen LogP contribution >= 0.6 is 7.26 Å². The van der Waals surface area contributed by atoms with Gasteiger partial charge in [-0.2, -0.15) is 0 Å². The molecule has 1 aromatic heterocycles. The lowest BCUT2D eigenvalue weighted by molar-refractivity contribution is 0.0976. The fraction of sp³-hybridized carbons (Fsp3) is 0.109. The van der Waals surface area contributed by atoms with Crippen molar-refractivity contribution in [3.63, 3.8) is 0 Å². The van der Waals surface area contributed by atoms with Gasteiger partial charge in [-0.3, -0.25) is 4.79 Å². The van der Waals surface area contributed by atoms with Gasteiger partial charge in [0, 0.05) is 22.9 Å². The van der Waals surface area contributed by atoms with Crippen molar-refractivity contribution in [2.75, 3.05) is 4.90 Å². The predicted octanol–water partition coefficient (Wildman–Crippen LogP) is 10.2. The van der Waals surface area contributed by atoms with Crippen molar-refractivity contribution in [3.05, 3.63) is 193 Å². The summed E-state index contributed by atoms with van der Waals surface area (Å²) in [7, 11) is -2.41. The fourth-order valence-corrected chi connectivity index (χ4v) is 12.1. The Bertz CT molecular complexity index is 2200. The maximum Gasteiger partial charge on any atom is 0.275 e. The molecule has 250 valence electrons. The Morgan fingerprint density at radius 1 is 0.608 bits per heavy atom. The summed E-state index contributed by atoms with van der Waals surface area (Å²) in [5.74, 6) is -0.333. The van der Waals surface area contributed by atoms with E-state index in [0.29, 0.717) is 18.4 Å². The van der Waals surface area contributed by atoms with E-state index < -0.39 is 7.26 Å². The first-order valence-electron chi connectivity index (χ1n) is 17.5. The standard InChI is InChI=1S/C46H39FN2OP/c1-33(2)49-42(32-51(38-20-9-4-10-21-38,39-22-11-5-12-23-39)40-24-13-6-14-25-40)43(34-27-29-36(47)30-28-34)44-41-26-16-15-17-35(41)31-48(46(50)45(44)49)37-18-7-3-8-19-37/h3-30,33H,31-32H2,1-2H3/q+1. The van der Waals surface area contributed by atoms with Crippen molar-refractivity contribution in [1.82, 2.24) is 4.57 Å². The van der Waals surface area contributed by atoms with Gasteiger partial charge in [-0.25, -0.2) is 4.39 Å². The highest BCUT2D eigenvalue weighted by Gasteiger charge is 2.48. The first-order chi connectivity index (χ1) is 25.0. The molecule has 0 fully saturated rings. The van der Waals surface area contributed by atoms with Crippen LogP contribution in [0.1, 0.15) is 41.6 Å². The highest BCUT2D eigenvalue weighted by molar-refractivity contribution is 7.95. The van der Waals surface area contributed by atoms with Crippen molar-refractivity contribution >= 4 is 34.8 Å². The average molecular weight is 686 g/mol. The van der Waals surface area contributed by atoms with Gasteiger partial charge in [-0.15, -0.1) is 0 Å². The molecule has 0 bridgehead atoms. The van der Waals surface area contributed by atoms with E-state index in [1.165, 1.54) is 28.0 Å². The third-order valence-electron chi connectivity index (χ3n) is 10.1. The number of hydrogen-bond donors (Lipinski definition) is 0. The lowest BCUT2D eigenvalue weighted by atomic mass is 9.92. The van der Waals surface area contributed by atoms with Crippen LogP contribution in [-0.4, -0.2) is 10.5 Å². The van der Waals surface area contributed by atoms with Gasteiger partial charge in [0.15, 0.2) is 0 Å². The zero-order chi connectivity index (χ0) is 35.0. The van der Waals surface area contributed by atoms with E-state index in [2.05, 4.69) is 128 Å². The minimum absolute atomic E-state index is 0.0428. The first-order valence-corrected chi connectivity index (χ1v) is 19.5. The summed E-state index contributed by atoms with van der Waals surface area (Å²) in [4.78, 5) is 17.2. The minimum atomic E-state index is -2.41. The summed E-state index contributed by atoms with van der Waals surface area (Å²) in [6.45, 7) is 4.78. The second-order valence-corrected chi connectivity index (χ2v) is 16.9. The molecule has 7 aromatic rings. The van der Waals surface area contributed by atoms with Crippen LogP contribution in [0.3, 0.4) is 0 Å². The third kappa shape index (κ3) is 5.70. The van der Waals surface area contributed by atoms with Crippen LogP contribution in [0.5, 0.6) is 0 Å². The number of rotatable bonds is 8. The van der Waals surface area contributed by atoms with E-state index in [-0.39, 0.29) is 17.8 Å². The Hall–Kier alpha value is -5.57. The third-order valence-corrected chi connectivity index (χ3v) is 14.4. The molecular weight excluding hydrogens is 646 g/mol. The van der Waals surface area contributed by atoms with E-state index in [1.807, 2.05) is 53.4 Å². The van der Waals surface area contributed by atoms with Crippen LogP contribution in [0.2, 0.25) is 0 Å².